The lowest BCUT2D eigenvalue weighted by molar-refractivity contribution is 1.11. The highest BCUT2D eigenvalue weighted by Gasteiger charge is 2.15. The number of aromatic nitrogens is 2. The third-order valence-corrected chi connectivity index (χ3v) is 12.2. The Kier molecular flexibility index (Phi) is 4.31. The molecule has 0 N–H and O–H groups in total. The summed E-state index contributed by atoms with van der Waals surface area (Å²) in [6, 6.07) is 27.4. The number of hydrogen-bond acceptors (Lipinski definition) is 7. The Morgan fingerprint density at radius 3 is 1.30 bits per heavy atom. The predicted octanol–water partition coefficient (Wildman–Crippen LogP) is 11.0. The van der Waals surface area contributed by atoms with E-state index >= 15 is 0 Å². The topological polar surface area (TPSA) is 25.8 Å². The number of thiophene rings is 4. The molecule has 37 heavy (non-hydrogen) atoms. The van der Waals surface area contributed by atoms with Crippen LogP contribution in [0.1, 0.15) is 0 Å². The van der Waals surface area contributed by atoms with Crippen LogP contribution in [-0.4, -0.2) is 10.2 Å². The minimum absolute atomic E-state index is 0.990. The summed E-state index contributed by atoms with van der Waals surface area (Å²) in [5.41, 5.74) is 0. The van der Waals surface area contributed by atoms with Crippen LogP contribution in [0.15, 0.2) is 83.6 Å². The first-order chi connectivity index (χ1) is 18.2. The molecule has 9 rings (SSSR count). The SMILES string of the molecule is c1cc2cc3cc4sc(-c5nnc(-c6cc7cc8cc9sccc9cc8cc7s6)s5)cc4cc3cc2s1. The van der Waals surface area contributed by atoms with Gasteiger partial charge in [0.05, 0.1) is 9.75 Å². The van der Waals surface area contributed by atoms with E-state index in [9.17, 15) is 0 Å². The lowest BCUT2D eigenvalue weighted by Crippen LogP contribution is -1.72. The molecular formula is C30H14N2S5. The van der Waals surface area contributed by atoms with Gasteiger partial charge in [0.15, 0.2) is 10.0 Å². The maximum atomic E-state index is 4.61. The van der Waals surface area contributed by atoms with Crippen LogP contribution in [0.2, 0.25) is 0 Å². The molecule has 0 bridgehead atoms. The van der Waals surface area contributed by atoms with Gasteiger partial charge in [0, 0.05) is 18.8 Å². The minimum atomic E-state index is 0.990. The van der Waals surface area contributed by atoms with Crippen molar-refractivity contribution < 1.29 is 0 Å². The van der Waals surface area contributed by atoms with Crippen molar-refractivity contribution in [1.29, 1.82) is 0 Å². The molecule has 5 heterocycles. The lowest BCUT2D eigenvalue weighted by Gasteiger charge is -1.99. The number of hydrogen-bond donors (Lipinski definition) is 0. The lowest BCUT2D eigenvalue weighted by atomic mass is 10.1. The Morgan fingerprint density at radius 1 is 0.378 bits per heavy atom. The zero-order chi connectivity index (χ0) is 24.1. The molecule has 0 unspecified atom stereocenters. The van der Waals surface area contributed by atoms with Gasteiger partial charge in [0.25, 0.3) is 0 Å². The van der Waals surface area contributed by atoms with Crippen LogP contribution < -0.4 is 0 Å². The Labute approximate surface area is 230 Å². The second kappa shape index (κ2) is 7.66. The summed E-state index contributed by atoms with van der Waals surface area (Å²) in [5, 5.41) is 25.9. The van der Waals surface area contributed by atoms with Crippen LogP contribution in [-0.2, 0) is 0 Å². The molecule has 0 fully saturated rings. The molecule has 0 saturated carbocycles. The van der Waals surface area contributed by atoms with E-state index in [4.69, 9.17) is 0 Å². The molecule has 0 aliphatic rings. The van der Waals surface area contributed by atoms with Crippen LogP contribution in [0.25, 0.3) is 81.7 Å². The van der Waals surface area contributed by atoms with Crippen LogP contribution >= 0.6 is 56.7 Å². The van der Waals surface area contributed by atoms with Gasteiger partial charge in [-0.1, -0.05) is 11.3 Å². The highest BCUT2D eigenvalue weighted by molar-refractivity contribution is 7.29. The van der Waals surface area contributed by atoms with Crippen LogP contribution in [0.4, 0.5) is 0 Å². The molecule has 4 aromatic carbocycles. The van der Waals surface area contributed by atoms with Crippen molar-refractivity contribution in [1.82, 2.24) is 10.2 Å². The third kappa shape index (κ3) is 3.25. The molecule has 7 heteroatoms. The first-order valence-electron chi connectivity index (χ1n) is 11.8. The van der Waals surface area contributed by atoms with E-state index in [-0.39, 0.29) is 0 Å². The average molecular weight is 563 g/mol. The van der Waals surface area contributed by atoms with Gasteiger partial charge in [-0.05, 0) is 127 Å². The first kappa shape index (κ1) is 20.8. The fraction of sp³-hybridized carbons (Fsp3) is 0. The van der Waals surface area contributed by atoms with E-state index < -0.39 is 0 Å². The van der Waals surface area contributed by atoms with Crippen LogP contribution in [0, 0.1) is 0 Å². The Bertz CT molecular complexity index is 2030. The molecule has 2 nitrogen and oxygen atoms in total. The molecule has 0 saturated heterocycles. The maximum absolute atomic E-state index is 4.61. The van der Waals surface area contributed by atoms with E-state index in [0.29, 0.717) is 0 Å². The van der Waals surface area contributed by atoms with Crippen molar-refractivity contribution in [3.8, 4) is 19.8 Å². The summed E-state index contributed by atoms with van der Waals surface area (Å²) in [6.45, 7) is 0. The van der Waals surface area contributed by atoms with E-state index in [1.807, 2.05) is 0 Å². The van der Waals surface area contributed by atoms with Gasteiger partial charge in [-0.15, -0.1) is 55.5 Å². The normalized spacial score (nSPS) is 12.3. The van der Waals surface area contributed by atoms with Crippen molar-refractivity contribution in [2.75, 3.05) is 0 Å². The van der Waals surface area contributed by atoms with Gasteiger partial charge in [0.1, 0.15) is 0 Å². The second-order valence-corrected chi connectivity index (χ2v) is 14.3. The quantitative estimate of drug-likeness (QED) is 0.209. The fourth-order valence-electron chi connectivity index (χ4n) is 5.13. The Balaban J connectivity index is 1.12. The van der Waals surface area contributed by atoms with Crippen molar-refractivity contribution in [2.24, 2.45) is 0 Å². The maximum Gasteiger partial charge on any atom is 0.158 e. The largest absolute Gasteiger partial charge is 0.158 e. The second-order valence-electron chi connectivity index (χ2n) is 9.23. The highest BCUT2D eigenvalue weighted by atomic mass is 32.1. The van der Waals surface area contributed by atoms with Gasteiger partial charge in [-0.3, -0.25) is 0 Å². The summed E-state index contributed by atoms with van der Waals surface area (Å²) in [7, 11) is 0. The zero-order valence-electron chi connectivity index (χ0n) is 19.0. The van der Waals surface area contributed by atoms with Crippen LogP contribution in [0.5, 0.6) is 0 Å². The van der Waals surface area contributed by atoms with Gasteiger partial charge in [-0.25, -0.2) is 0 Å². The van der Waals surface area contributed by atoms with Gasteiger partial charge in [0.2, 0.25) is 0 Å². The number of fused-ring (bicyclic) bond motifs is 6. The van der Waals surface area contributed by atoms with Crippen LogP contribution in [0.3, 0.4) is 0 Å². The highest BCUT2D eigenvalue weighted by Crippen LogP contribution is 2.42. The molecule has 0 atom stereocenters. The molecule has 0 spiro atoms. The van der Waals surface area contributed by atoms with E-state index in [1.165, 1.54) is 71.6 Å². The van der Waals surface area contributed by atoms with Gasteiger partial charge < -0.3 is 0 Å². The molecule has 0 aliphatic carbocycles. The summed E-state index contributed by atoms with van der Waals surface area (Å²) in [6.07, 6.45) is 0. The molecule has 5 aromatic heterocycles. The van der Waals surface area contributed by atoms with Gasteiger partial charge in [-0.2, -0.15) is 0 Å². The predicted molar refractivity (Wildman–Crippen MR) is 167 cm³/mol. The van der Waals surface area contributed by atoms with Gasteiger partial charge >= 0.3 is 0 Å². The van der Waals surface area contributed by atoms with Crippen molar-refractivity contribution in [3.63, 3.8) is 0 Å². The zero-order valence-corrected chi connectivity index (χ0v) is 23.1. The molecule has 0 radical (unpaired) electrons. The smallest absolute Gasteiger partial charge is 0.144 e. The van der Waals surface area contributed by atoms with Crippen molar-refractivity contribution >= 4 is 119 Å². The third-order valence-electron chi connectivity index (χ3n) is 6.94. The van der Waals surface area contributed by atoms with Crippen molar-refractivity contribution in [2.45, 2.75) is 0 Å². The Morgan fingerprint density at radius 2 is 0.811 bits per heavy atom. The Hall–Kier alpha value is -3.20. The molecule has 9 aromatic rings. The van der Waals surface area contributed by atoms with Crippen molar-refractivity contribution in [3.05, 3.63) is 83.6 Å². The summed E-state index contributed by atoms with van der Waals surface area (Å²) < 4.78 is 5.27. The molecule has 174 valence electrons. The molecule has 0 amide bonds. The fourth-order valence-corrected chi connectivity index (χ4v) is 9.88. The van der Waals surface area contributed by atoms with E-state index in [0.717, 1.165) is 10.0 Å². The van der Waals surface area contributed by atoms with E-state index in [2.05, 4.69) is 93.8 Å². The molecule has 0 aliphatic heterocycles. The summed E-state index contributed by atoms with van der Waals surface area (Å²) in [4.78, 5) is 2.37. The summed E-state index contributed by atoms with van der Waals surface area (Å²) >= 11 is 8.90. The summed E-state index contributed by atoms with van der Waals surface area (Å²) in [5.74, 6) is 0. The number of rotatable bonds is 2. The molecular weight excluding hydrogens is 549 g/mol. The number of nitrogens with zero attached hydrogens (tertiary/aromatic N) is 2. The minimum Gasteiger partial charge on any atom is -0.144 e. The monoisotopic (exact) mass is 562 g/mol. The first-order valence-corrected chi connectivity index (χ1v) is 16.0. The van der Waals surface area contributed by atoms with E-state index in [1.54, 1.807) is 56.7 Å². The number of benzene rings is 4. The average Bonchev–Trinajstić information content (AvgIpc) is 3.72. The standard InChI is InChI=1S/C30H14N2S5/c1-3-33-23-9-19-7-21-13-27(35-25(21)11-17(19)5-15(1)23)29-31-32-30(37-29)28-14-22-8-20-10-24-16(2-4-34-24)6-18(20)12-26(22)36-28/h1-14H.